The van der Waals surface area contributed by atoms with E-state index in [0.29, 0.717) is 4.60 Å². The monoisotopic (exact) mass is 291 g/mol. The molecule has 7 heteroatoms. The van der Waals surface area contributed by atoms with E-state index < -0.39 is 11.7 Å². The van der Waals surface area contributed by atoms with Crippen LogP contribution in [0.3, 0.4) is 0 Å². The van der Waals surface area contributed by atoms with Crippen LogP contribution in [0.25, 0.3) is 5.69 Å². The van der Waals surface area contributed by atoms with Crippen LogP contribution >= 0.6 is 15.9 Å². The summed E-state index contributed by atoms with van der Waals surface area (Å²) in [6.45, 7) is 0. The molecule has 1 aromatic heterocycles. The smallest absolute Gasteiger partial charge is 0.219 e. The maximum Gasteiger partial charge on any atom is 0.418 e. The molecule has 0 saturated heterocycles. The lowest BCUT2D eigenvalue weighted by molar-refractivity contribution is -0.137. The van der Waals surface area contributed by atoms with Gasteiger partial charge in [-0.15, -0.1) is 5.10 Å². The third-order valence-electron chi connectivity index (χ3n) is 1.92. The number of hydrogen-bond acceptors (Lipinski definition) is 2. The van der Waals surface area contributed by atoms with E-state index in [4.69, 9.17) is 0 Å². The third-order valence-corrected chi connectivity index (χ3v) is 2.29. The van der Waals surface area contributed by atoms with Gasteiger partial charge in [0.25, 0.3) is 0 Å². The van der Waals surface area contributed by atoms with Crippen molar-refractivity contribution in [1.82, 2.24) is 15.0 Å². The SMILES string of the molecule is FC(F)(F)c1ccccc1-n1cc(Br)nn1. The van der Waals surface area contributed by atoms with Gasteiger partial charge in [0, 0.05) is 0 Å². The highest BCUT2D eigenvalue weighted by atomic mass is 79.9. The lowest BCUT2D eigenvalue weighted by atomic mass is 10.2. The molecule has 0 unspecified atom stereocenters. The van der Waals surface area contributed by atoms with Crippen molar-refractivity contribution in [2.24, 2.45) is 0 Å². The average Bonchev–Trinajstić information content (AvgIpc) is 2.64. The molecular weight excluding hydrogens is 287 g/mol. The van der Waals surface area contributed by atoms with Gasteiger partial charge in [-0.05, 0) is 28.1 Å². The molecule has 0 atom stereocenters. The van der Waals surface area contributed by atoms with Crippen LogP contribution in [-0.4, -0.2) is 15.0 Å². The first-order valence-corrected chi connectivity index (χ1v) is 5.02. The average molecular weight is 292 g/mol. The van der Waals surface area contributed by atoms with Gasteiger partial charge in [0.05, 0.1) is 17.4 Å². The maximum atomic E-state index is 12.7. The molecule has 84 valence electrons. The Kier molecular flexibility index (Phi) is 2.71. The van der Waals surface area contributed by atoms with Crippen LogP contribution < -0.4 is 0 Å². The molecule has 1 aromatic carbocycles. The largest absolute Gasteiger partial charge is 0.418 e. The minimum atomic E-state index is -4.41. The van der Waals surface area contributed by atoms with E-state index in [1.165, 1.54) is 24.4 Å². The van der Waals surface area contributed by atoms with E-state index in [1.54, 1.807) is 0 Å². The second kappa shape index (κ2) is 3.89. The topological polar surface area (TPSA) is 30.7 Å². The first-order chi connectivity index (χ1) is 7.48. The van der Waals surface area contributed by atoms with Crippen LogP contribution in [0.4, 0.5) is 13.2 Å². The second-order valence-corrected chi connectivity index (χ2v) is 3.81. The fraction of sp³-hybridized carbons (Fsp3) is 0.111. The molecule has 2 rings (SSSR count). The van der Waals surface area contributed by atoms with Crippen LogP contribution in [-0.2, 0) is 6.18 Å². The van der Waals surface area contributed by atoms with Crippen molar-refractivity contribution >= 4 is 15.9 Å². The van der Waals surface area contributed by atoms with Crippen molar-refractivity contribution in [3.63, 3.8) is 0 Å². The maximum absolute atomic E-state index is 12.7. The Morgan fingerprint density at radius 2 is 1.88 bits per heavy atom. The molecule has 2 aromatic rings. The van der Waals surface area contributed by atoms with E-state index in [1.807, 2.05) is 0 Å². The molecule has 0 radical (unpaired) electrons. The summed E-state index contributed by atoms with van der Waals surface area (Å²) in [6.07, 6.45) is -3.04. The minimum absolute atomic E-state index is 0.0480. The van der Waals surface area contributed by atoms with Gasteiger partial charge < -0.3 is 0 Å². The minimum Gasteiger partial charge on any atom is -0.219 e. The number of para-hydroxylation sites is 1. The molecule has 0 fully saturated rings. The number of nitrogens with zero attached hydrogens (tertiary/aromatic N) is 3. The Bertz CT molecular complexity index is 507. The number of hydrogen-bond donors (Lipinski definition) is 0. The summed E-state index contributed by atoms with van der Waals surface area (Å²) in [7, 11) is 0. The number of aromatic nitrogens is 3. The van der Waals surface area contributed by atoms with Crippen molar-refractivity contribution < 1.29 is 13.2 Å². The molecule has 0 amide bonds. The summed E-state index contributed by atoms with van der Waals surface area (Å²) in [6, 6.07) is 5.19. The third kappa shape index (κ3) is 2.08. The van der Waals surface area contributed by atoms with Gasteiger partial charge in [-0.25, -0.2) is 4.68 Å². The van der Waals surface area contributed by atoms with E-state index in [9.17, 15) is 13.2 Å². The van der Waals surface area contributed by atoms with Gasteiger partial charge in [-0.2, -0.15) is 13.2 Å². The number of alkyl halides is 3. The fourth-order valence-electron chi connectivity index (χ4n) is 1.27. The first-order valence-electron chi connectivity index (χ1n) is 4.23. The number of benzene rings is 1. The molecule has 0 saturated carbocycles. The Morgan fingerprint density at radius 1 is 1.19 bits per heavy atom. The zero-order valence-electron chi connectivity index (χ0n) is 7.74. The Morgan fingerprint density at radius 3 is 2.44 bits per heavy atom. The Balaban J connectivity index is 2.57. The van der Waals surface area contributed by atoms with Gasteiger partial charge in [0.2, 0.25) is 0 Å². The highest BCUT2D eigenvalue weighted by Gasteiger charge is 2.33. The van der Waals surface area contributed by atoms with Gasteiger partial charge >= 0.3 is 6.18 Å². The van der Waals surface area contributed by atoms with Crippen LogP contribution in [0.5, 0.6) is 0 Å². The summed E-state index contributed by atoms with van der Waals surface area (Å²) in [5, 5.41) is 7.16. The zero-order chi connectivity index (χ0) is 11.8. The lowest BCUT2D eigenvalue weighted by Crippen LogP contribution is -2.10. The molecule has 0 aliphatic carbocycles. The summed E-state index contributed by atoms with van der Waals surface area (Å²) >= 11 is 3.03. The standard InChI is InChI=1S/C9H5BrF3N3/c10-8-5-16(15-14-8)7-4-2-1-3-6(7)9(11,12)13/h1-5H. The van der Waals surface area contributed by atoms with Gasteiger partial charge in [0.1, 0.15) is 4.60 Å². The molecule has 1 heterocycles. The predicted octanol–water partition coefficient (Wildman–Crippen LogP) is 3.05. The quantitative estimate of drug-likeness (QED) is 0.808. The predicted molar refractivity (Wildman–Crippen MR) is 54.1 cm³/mol. The molecule has 16 heavy (non-hydrogen) atoms. The van der Waals surface area contributed by atoms with Crippen LogP contribution in [0.15, 0.2) is 35.1 Å². The molecule has 0 aliphatic heterocycles. The van der Waals surface area contributed by atoms with Crippen molar-refractivity contribution in [2.45, 2.75) is 6.18 Å². The van der Waals surface area contributed by atoms with Crippen LogP contribution in [0.1, 0.15) is 5.56 Å². The summed E-state index contributed by atoms with van der Waals surface area (Å²) in [4.78, 5) is 0. The Labute approximate surface area is 97.0 Å². The van der Waals surface area contributed by atoms with Crippen molar-refractivity contribution in [3.05, 3.63) is 40.6 Å². The van der Waals surface area contributed by atoms with Crippen molar-refractivity contribution in [1.29, 1.82) is 0 Å². The highest BCUT2D eigenvalue weighted by molar-refractivity contribution is 9.10. The number of rotatable bonds is 1. The van der Waals surface area contributed by atoms with E-state index in [-0.39, 0.29) is 5.69 Å². The Hall–Kier alpha value is -1.37. The van der Waals surface area contributed by atoms with Crippen molar-refractivity contribution in [2.75, 3.05) is 0 Å². The first kappa shape index (κ1) is 11.1. The molecule has 0 spiro atoms. The molecule has 3 nitrogen and oxygen atoms in total. The lowest BCUT2D eigenvalue weighted by Gasteiger charge is -2.11. The van der Waals surface area contributed by atoms with E-state index >= 15 is 0 Å². The zero-order valence-corrected chi connectivity index (χ0v) is 9.33. The van der Waals surface area contributed by atoms with Gasteiger partial charge in [-0.1, -0.05) is 17.3 Å². The highest BCUT2D eigenvalue weighted by Crippen LogP contribution is 2.33. The van der Waals surface area contributed by atoms with Crippen LogP contribution in [0.2, 0.25) is 0 Å². The summed E-state index contributed by atoms with van der Waals surface area (Å²) in [5.74, 6) is 0. The molecular formula is C9H5BrF3N3. The summed E-state index contributed by atoms with van der Waals surface area (Å²) in [5.41, 5.74) is -0.791. The molecule has 0 aliphatic rings. The normalized spacial score (nSPS) is 11.8. The fourth-order valence-corrected chi connectivity index (χ4v) is 1.54. The van der Waals surface area contributed by atoms with E-state index in [0.717, 1.165) is 10.7 Å². The van der Waals surface area contributed by atoms with Gasteiger partial charge in [-0.3, -0.25) is 0 Å². The van der Waals surface area contributed by atoms with Crippen LogP contribution in [0, 0.1) is 0 Å². The van der Waals surface area contributed by atoms with Gasteiger partial charge in [0.15, 0.2) is 0 Å². The van der Waals surface area contributed by atoms with E-state index in [2.05, 4.69) is 26.2 Å². The molecule has 0 N–H and O–H groups in total. The second-order valence-electron chi connectivity index (χ2n) is 3.00. The van der Waals surface area contributed by atoms with Crippen molar-refractivity contribution in [3.8, 4) is 5.69 Å². The molecule has 0 bridgehead atoms. The summed E-state index contributed by atoms with van der Waals surface area (Å²) < 4.78 is 39.5. The number of halogens is 4.